The van der Waals surface area contributed by atoms with E-state index in [9.17, 15) is 12.8 Å². The molecule has 0 aliphatic heterocycles. The molecule has 0 fully saturated rings. The monoisotopic (exact) mass is 411 g/mol. The highest BCUT2D eigenvalue weighted by Gasteiger charge is 2.18. The molecule has 102 valence electrons. The van der Waals surface area contributed by atoms with Crippen LogP contribution in [0.1, 0.15) is 11.8 Å². The van der Waals surface area contributed by atoms with Gasteiger partial charge in [0.15, 0.2) is 0 Å². The first-order chi connectivity index (χ1) is 8.94. The van der Waals surface area contributed by atoms with Crippen molar-refractivity contribution >= 4 is 49.6 Å². The molecule has 1 N–H and O–H groups in total. The summed E-state index contributed by atoms with van der Waals surface area (Å²) >= 11 is 3.00. The summed E-state index contributed by atoms with van der Waals surface area (Å²) in [5.41, 5.74) is 0.257. The van der Waals surface area contributed by atoms with Gasteiger partial charge in [0, 0.05) is 4.88 Å². The molecule has 0 saturated carbocycles. The quantitative estimate of drug-likeness (QED) is 0.777. The Hall–Kier alpha value is -0.670. The minimum absolute atomic E-state index is 0.240. The molecule has 1 aromatic heterocycles. The second kappa shape index (κ2) is 5.76. The number of rotatable bonds is 4. The number of thiophene rings is 1. The summed E-state index contributed by atoms with van der Waals surface area (Å²) in [6.45, 7) is 1.96. The van der Waals surface area contributed by atoms with Gasteiger partial charge in [0.05, 0.1) is 9.26 Å². The standard InChI is InChI=1S/C12H11FINO2S2/c1-2-8-6-7-11(18-8)19(16,17)15-10-5-3-4-9(13)12(10)14/h3-7,15H,2H2,1H3. The van der Waals surface area contributed by atoms with Gasteiger partial charge in [-0.3, -0.25) is 4.72 Å². The van der Waals surface area contributed by atoms with Gasteiger partial charge < -0.3 is 0 Å². The maximum Gasteiger partial charge on any atom is 0.271 e. The average molecular weight is 411 g/mol. The van der Waals surface area contributed by atoms with Crippen molar-refractivity contribution in [2.24, 2.45) is 0 Å². The zero-order chi connectivity index (χ0) is 14.0. The lowest BCUT2D eigenvalue weighted by Gasteiger charge is -2.08. The second-order valence-corrected chi connectivity index (χ2v) is 7.94. The summed E-state index contributed by atoms with van der Waals surface area (Å²) in [5.74, 6) is -0.443. The van der Waals surface area contributed by atoms with E-state index in [4.69, 9.17) is 0 Å². The predicted molar refractivity (Wildman–Crippen MR) is 83.6 cm³/mol. The molecule has 7 heteroatoms. The summed E-state index contributed by atoms with van der Waals surface area (Å²) < 4.78 is 40.6. The molecule has 0 aliphatic carbocycles. The zero-order valence-electron chi connectivity index (χ0n) is 9.98. The van der Waals surface area contributed by atoms with Crippen LogP contribution in [-0.4, -0.2) is 8.42 Å². The highest BCUT2D eigenvalue weighted by molar-refractivity contribution is 14.1. The van der Waals surface area contributed by atoms with Gasteiger partial charge in [0.2, 0.25) is 0 Å². The number of nitrogens with one attached hydrogen (secondary N) is 1. The second-order valence-electron chi connectivity index (χ2n) is 3.78. The van der Waals surface area contributed by atoms with Crippen molar-refractivity contribution in [3.05, 3.63) is 44.6 Å². The molecule has 0 saturated heterocycles. The summed E-state index contributed by atoms with van der Waals surface area (Å²) in [7, 11) is -3.64. The third-order valence-corrected chi connectivity index (χ3v) is 6.63. The van der Waals surface area contributed by atoms with Gasteiger partial charge in [-0.15, -0.1) is 11.3 Å². The molecule has 1 aromatic carbocycles. The van der Waals surface area contributed by atoms with Crippen LogP contribution < -0.4 is 4.72 Å². The number of hydrogen-bond donors (Lipinski definition) is 1. The van der Waals surface area contributed by atoms with Crippen LogP contribution >= 0.6 is 33.9 Å². The Morgan fingerprint density at radius 2 is 2.05 bits per heavy atom. The third-order valence-electron chi connectivity index (χ3n) is 2.45. The van der Waals surface area contributed by atoms with E-state index in [2.05, 4.69) is 4.72 Å². The largest absolute Gasteiger partial charge is 0.278 e. The minimum atomic E-state index is -3.64. The fourth-order valence-electron chi connectivity index (χ4n) is 1.47. The van der Waals surface area contributed by atoms with Crippen LogP contribution in [0.2, 0.25) is 0 Å². The topological polar surface area (TPSA) is 46.2 Å². The van der Waals surface area contributed by atoms with E-state index >= 15 is 0 Å². The first-order valence-corrected chi connectivity index (χ1v) is 8.87. The van der Waals surface area contributed by atoms with Crippen molar-refractivity contribution in [3.63, 3.8) is 0 Å². The smallest absolute Gasteiger partial charge is 0.271 e. The minimum Gasteiger partial charge on any atom is -0.278 e. The molecule has 0 bridgehead atoms. The predicted octanol–water partition coefficient (Wildman–Crippen LogP) is 3.86. The van der Waals surface area contributed by atoms with E-state index in [0.717, 1.165) is 11.3 Å². The van der Waals surface area contributed by atoms with Gasteiger partial charge in [-0.05, 0) is 53.3 Å². The highest BCUT2D eigenvalue weighted by atomic mass is 127. The molecule has 0 aliphatic rings. The summed E-state index contributed by atoms with van der Waals surface area (Å²) in [6.07, 6.45) is 0.789. The van der Waals surface area contributed by atoms with E-state index in [1.165, 1.54) is 29.5 Å². The Kier molecular flexibility index (Phi) is 4.46. The summed E-state index contributed by atoms with van der Waals surface area (Å²) in [5, 5.41) is 0. The van der Waals surface area contributed by atoms with Crippen molar-refractivity contribution in [2.75, 3.05) is 4.72 Å². The highest BCUT2D eigenvalue weighted by Crippen LogP contribution is 2.27. The zero-order valence-corrected chi connectivity index (χ0v) is 13.8. The Balaban J connectivity index is 2.33. The van der Waals surface area contributed by atoms with Crippen LogP contribution in [0.15, 0.2) is 34.5 Å². The van der Waals surface area contributed by atoms with Crippen molar-refractivity contribution in [2.45, 2.75) is 17.6 Å². The van der Waals surface area contributed by atoms with Crippen LogP contribution in [0.5, 0.6) is 0 Å². The van der Waals surface area contributed by atoms with Crippen LogP contribution in [0.25, 0.3) is 0 Å². The number of aryl methyl sites for hydroxylation is 1. The molecule has 0 spiro atoms. The van der Waals surface area contributed by atoms with Crippen LogP contribution in [0.4, 0.5) is 10.1 Å². The van der Waals surface area contributed by atoms with Gasteiger partial charge in [-0.1, -0.05) is 13.0 Å². The van der Waals surface area contributed by atoms with Crippen LogP contribution in [-0.2, 0) is 16.4 Å². The fraction of sp³-hybridized carbons (Fsp3) is 0.167. The SMILES string of the molecule is CCc1ccc(S(=O)(=O)Nc2cccc(F)c2I)s1. The van der Waals surface area contributed by atoms with E-state index in [-0.39, 0.29) is 13.5 Å². The molecule has 19 heavy (non-hydrogen) atoms. The maximum absolute atomic E-state index is 13.4. The fourth-order valence-corrected chi connectivity index (χ4v) is 4.52. The number of hydrogen-bond acceptors (Lipinski definition) is 3. The molecule has 0 atom stereocenters. The first kappa shape index (κ1) is 14.7. The molecular weight excluding hydrogens is 400 g/mol. The molecular formula is C12H11FINO2S2. The molecule has 2 rings (SSSR count). The molecule has 3 nitrogen and oxygen atoms in total. The number of sulfonamides is 1. The molecule has 1 heterocycles. The number of halogens is 2. The van der Waals surface area contributed by atoms with Crippen molar-refractivity contribution in [1.29, 1.82) is 0 Å². The Bertz CT molecular complexity index is 698. The number of anilines is 1. The number of benzene rings is 1. The molecule has 2 aromatic rings. The molecule has 0 radical (unpaired) electrons. The summed E-state index contributed by atoms with van der Waals surface area (Å²) in [6, 6.07) is 7.66. The van der Waals surface area contributed by atoms with Crippen LogP contribution in [0.3, 0.4) is 0 Å². The van der Waals surface area contributed by atoms with Crippen molar-refractivity contribution in [1.82, 2.24) is 0 Å². The summed E-state index contributed by atoms with van der Waals surface area (Å²) in [4.78, 5) is 0.995. The van der Waals surface area contributed by atoms with Gasteiger partial charge in [-0.2, -0.15) is 0 Å². The lowest BCUT2D eigenvalue weighted by molar-refractivity contribution is 0.602. The van der Waals surface area contributed by atoms with Crippen molar-refractivity contribution < 1.29 is 12.8 Å². The van der Waals surface area contributed by atoms with Gasteiger partial charge in [-0.25, -0.2) is 12.8 Å². The van der Waals surface area contributed by atoms with E-state index in [1.54, 1.807) is 34.7 Å². The Morgan fingerprint density at radius 3 is 2.68 bits per heavy atom. The Morgan fingerprint density at radius 1 is 1.32 bits per heavy atom. The normalized spacial score (nSPS) is 11.5. The van der Waals surface area contributed by atoms with E-state index < -0.39 is 15.8 Å². The molecule has 0 unspecified atom stereocenters. The Labute approximate surface area is 129 Å². The first-order valence-electron chi connectivity index (χ1n) is 5.49. The van der Waals surface area contributed by atoms with Gasteiger partial charge in [0.1, 0.15) is 10.0 Å². The van der Waals surface area contributed by atoms with Gasteiger partial charge >= 0.3 is 0 Å². The lowest BCUT2D eigenvalue weighted by Crippen LogP contribution is -2.12. The van der Waals surface area contributed by atoms with Crippen LogP contribution in [0, 0.1) is 9.39 Å². The maximum atomic E-state index is 13.4. The average Bonchev–Trinajstić information content (AvgIpc) is 2.84. The molecule has 0 amide bonds. The van der Waals surface area contributed by atoms with E-state index in [1.807, 2.05) is 6.92 Å². The van der Waals surface area contributed by atoms with E-state index in [0.29, 0.717) is 0 Å². The third kappa shape index (κ3) is 3.26. The lowest BCUT2D eigenvalue weighted by atomic mass is 10.3. The van der Waals surface area contributed by atoms with Crippen molar-refractivity contribution in [3.8, 4) is 0 Å². The van der Waals surface area contributed by atoms with Gasteiger partial charge in [0.25, 0.3) is 10.0 Å².